The van der Waals surface area contributed by atoms with Gasteiger partial charge in [0.1, 0.15) is 0 Å². The van der Waals surface area contributed by atoms with Gasteiger partial charge in [-0.25, -0.2) is 0 Å². The normalized spacial score (nSPS) is 16.2. The predicted octanol–water partition coefficient (Wildman–Crippen LogP) is 14.6. The number of benzene rings is 10. The molecule has 0 aromatic heterocycles. The molecular weight excluding hydrogens is 653 g/mol. The highest BCUT2D eigenvalue weighted by atomic mass is 16.5. The Kier molecular flexibility index (Phi) is 7.35. The van der Waals surface area contributed by atoms with E-state index in [1.807, 2.05) is 0 Å². The van der Waals surface area contributed by atoms with Gasteiger partial charge >= 0.3 is 0 Å². The Bertz CT molecular complexity index is 2750. The summed E-state index contributed by atoms with van der Waals surface area (Å²) < 4.78 is 6.90. The molecular formula is C53H38O. The van der Waals surface area contributed by atoms with E-state index in [0.29, 0.717) is 12.5 Å². The first-order valence-corrected chi connectivity index (χ1v) is 19.3. The Morgan fingerprint density at radius 3 is 1.13 bits per heavy atom. The Morgan fingerprint density at radius 1 is 0.333 bits per heavy atom. The molecule has 2 atom stereocenters. The van der Waals surface area contributed by atoms with Gasteiger partial charge in [0, 0.05) is 5.92 Å². The molecule has 54 heavy (non-hydrogen) atoms. The zero-order chi connectivity index (χ0) is 35.6. The van der Waals surface area contributed by atoms with Crippen molar-refractivity contribution >= 4 is 64.6 Å². The highest BCUT2D eigenvalue weighted by Crippen LogP contribution is 2.46. The number of fused-ring (bicyclic) bond motifs is 6. The fraction of sp³-hybridized carbons (Fsp3) is 0.0943. The predicted molar refractivity (Wildman–Crippen MR) is 229 cm³/mol. The molecule has 11 rings (SSSR count). The zero-order valence-electron chi connectivity index (χ0n) is 30.0. The summed E-state index contributed by atoms with van der Waals surface area (Å²) in [5.74, 6) is 0.331. The number of hydrogen-bond donors (Lipinski definition) is 0. The Balaban J connectivity index is 0.962. The van der Waals surface area contributed by atoms with Crippen LogP contribution in [0, 0.1) is 0 Å². The minimum Gasteiger partial charge on any atom is -0.373 e. The van der Waals surface area contributed by atoms with Crippen molar-refractivity contribution < 1.29 is 4.74 Å². The standard InChI is InChI=1S/C53H38O/c1-5-17-40-34(13-1)31-35-14-2-6-18-41(35)52(40)49-28-26-39(44-21-9-11-23-46(44)49)38-25-30-51(54-33-38)48-27-29-50(47-24-12-10-22-45(47)48)53-42-19-7-3-15-36(42)32-37-16-4-8-20-43(37)53/h1-24,26-29,31-32,38,51H,25,30,33H2. The number of rotatable bonds is 4. The molecule has 1 fully saturated rings. The molecule has 2 unspecified atom stereocenters. The van der Waals surface area contributed by atoms with E-state index in [2.05, 4.69) is 182 Å². The molecule has 0 amide bonds. The van der Waals surface area contributed by atoms with Gasteiger partial charge < -0.3 is 4.74 Å². The van der Waals surface area contributed by atoms with Crippen LogP contribution in [0.15, 0.2) is 182 Å². The first-order chi connectivity index (χ1) is 26.8. The maximum absolute atomic E-state index is 6.90. The summed E-state index contributed by atoms with van der Waals surface area (Å²) in [6.45, 7) is 0.704. The van der Waals surface area contributed by atoms with Crippen LogP contribution in [0.25, 0.3) is 86.9 Å². The molecule has 0 saturated carbocycles. The second-order valence-corrected chi connectivity index (χ2v) is 15.0. The molecule has 10 aromatic carbocycles. The average Bonchev–Trinajstić information content (AvgIpc) is 3.24. The lowest BCUT2D eigenvalue weighted by Crippen LogP contribution is -2.20. The molecule has 1 aliphatic heterocycles. The van der Waals surface area contributed by atoms with E-state index >= 15 is 0 Å². The second-order valence-electron chi connectivity index (χ2n) is 15.0. The van der Waals surface area contributed by atoms with Crippen molar-refractivity contribution in [2.45, 2.75) is 24.9 Å². The van der Waals surface area contributed by atoms with Crippen LogP contribution in [-0.2, 0) is 4.74 Å². The van der Waals surface area contributed by atoms with Crippen molar-refractivity contribution in [3.63, 3.8) is 0 Å². The summed E-state index contributed by atoms with van der Waals surface area (Å²) in [6.07, 6.45) is 2.11. The van der Waals surface area contributed by atoms with Gasteiger partial charge in [0.15, 0.2) is 0 Å². The van der Waals surface area contributed by atoms with Crippen LogP contribution in [0.5, 0.6) is 0 Å². The molecule has 10 aromatic rings. The highest BCUT2D eigenvalue weighted by molar-refractivity contribution is 6.18. The smallest absolute Gasteiger partial charge is 0.0831 e. The lowest BCUT2D eigenvalue weighted by Gasteiger charge is -2.31. The average molecular weight is 691 g/mol. The van der Waals surface area contributed by atoms with Crippen molar-refractivity contribution in [3.8, 4) is 22.3 Å². The van der Waals surface area contributed by atoms with E-state index in [9.17, 15) is 0 Å². The maximum Gasteiger partial charge on any atom is 0.0831 e. The van der Waals surface area contributed by atoms with Crippen molar-refractivity contribution in [3.05, 3.63) is 193 Å². The van der Waals surface area contributed by atoms with Gasteiger partial charge in [-0.1, -0.05) is 170 Å². The van der Waals surface area contributed by atoms with Gasteiger partial charge in [-0.2, -0.15) is 0 Å². The maximum atomic E-state index is 6.90. The summed E-state index contributed by atoms with van der Waals surface area (Å²) in [6, 6.07) is 67.3. The van der Waals surface area contributed by atoms with Gasteiger partial charge in [0.25, 0.3) is 0 Å². The first kappa shape index (κ1) is 31.3. The van der Waals surface area contributed by atoms with E-state index in [4.69, 9.17) is 4.74 Å². The monoisotopic (exact) mass is 690 g/mol. The van der Waals surface area contributed by atoms with Crippen LogP contribution < -0.4 is 0 Å². The van der Waals surface area contributed by atoms with Gasteiger partial charge in [-0.05, 0) is 123 Å². The van der Waals surface area contributed by atoms with E-state index in [1.165, 1.54) is 98.0 Å². The molecule has 0 spiro atoms. The van der Waals surface area contributed by atoms with E-state index < -0.39 is 0 Å². The van der Waals surface area contributed by atoms with Crippen LogP contribution in [0.3, 0.4) is 0 Å². The molecule has 0 radical (unpaired) electrons. The molecule has 1 heterocycles. The zero-order valence-corrected chi connectivity index (χ0v) is 30.0. The molecule has 0 aliphatic carbocycles. The van der Waals surface area contributed by atoms with E-state index in [0.717, 1.165) is 12.8 Å². The van der Waals surface area contributed by atoms with Crippen LogP contribution in [-0.4, -0.2) is 6.61 Å². The quantitative estimate of drug-likeness (QED) is 0.167. The van der Waals surface area contributed by atoms with Gasteiger partial charge in [-0.3, -0.25) is 0 Å². The third kappa shape index (κ3) is 4.96. The second kappa shape index (κ2) is 12.7. The van der Waals surface area contributed by atoms with Crippen molar-refractivity contribution in [2.75, 3.05) is 6.61 Å². The van der Waals surface area contributed by atoms with Crippen molar-refractivity contribution in [1.82, 2.24) is 0 Å². The van der Waals surface area contributed by atoms with Crippen molar-refractivity contribution in [1.29, 1.82) is 0 Å². The summed E-state index contributed by atoms with van der Waals surface area (Å²) >= 11 is 0. The SMILES string of the molecule is c1ccc2c(-c3ccc(C4CCC(c5ccc(-c6c7ccccc7cc7ccccc67)c6ccccc56)OC4)c4ccccc34)c3ccccc3cc2c1. The van der Waals surface area contributed by atoms with Gasteiger partial charge in [-0.15, -0.1) is 0 Å². The Morgan fingerprint density at radius 2 is 0.704 bits per heavy atom. The fourth-order valence-corrected chi connectivity index (χ4v) is 9.57. The summed E-state index contributed by atoms with van der Waals surface area (Å²) in [7, 11) is 0. The minimum atomic E-state index is 0.0528. The van der Waals surface area contributed by atoms with Crippen LogP contribution in [0.2, 0.25) is 0 Å². The van der Waals surface area contributed by atoms with Crippen LogP contribution in [0.1, 0.15) is 36.0 Å². The summed E-state index contributed by atoms with van der Waals surface area (Å²) in [5, 5.41) is 15.5. The highest BCUT2D eigenvalue weighted by Gasteiger charge is 2.28. The molecule has 1 heteroatoms. The molecule has 0 N–H and O–H groups in total. The lowest BCUT2D eigenvalue weighted by atomic mass is 9.82. The Hall–Kier alpha value is -6.28. The third-order valence-electron chi connectivity index (χ3n) is 12.1. The largest absolute Gasteiger partial charge is 0.373 e. The molecule has 1 aliphatic rings. The molecule has 1 nitrogen and oxygen atoms in total. The van der Waals surface area contributed by atoms with E-state index in [1.54, 1.807) is 0 Å². The molecule has 1 saturated heterocycles. The van der Waals surface area contributed by atoms with Crippen molar-refractivity contribution in [2.24, 2.45) is 0 Å². The Labute approximate surface area is 315 Å². The topological polar surface area (TPSA) is 9.23 Å². The van der Waals surface area contributed by atoms with Gasteiger partial charge in [0.05, 0.1) is 12.7 Å². The summed E-state index contributed by atoms with van der Waals surface area (Å²) in [5.41, 5.74) is 7.88. The fourth-order valence-electron chi connectivity index (χ4n) is 9.57. The first-order valence-electron chi connectivity index (χ1n) is 19.3. The number of ether oxygens (including phenoxy) is 1. The van der Waals surface area contributed by atoms with Crippen LogP contribution >= 0.6 is 0 Å². The minimum absolute atomic E-state index is 0.0528. The van der Waals surface area contributed by atoms with Crippen LogP contribution in [0.4, 0.5) is 0 Å². The molecule has 256 valence electrons. The van der Waals surface area contributed by atoms with E-state index in [-0.39, 0.29) is 6.10 Å². The molecule has 0 bridgehead atoms. The number of hydrogen-bond acceptors (Lipinski definition) is 1. The summed E-state index contributed by atoms with van der Waals surface area (Å²) in [4.78, 5) is 0. The van der Waals surface area contributed by atoms with Gasteiger partial charge in [0.2, 0.25) is 0 Å². The lowest BCUT2D eigenvalue weighted by molar-refractivity contribution is 0.00350. The third-order valence-corrected chi connectivity index (χ3v) is 12.1.